The number of carbonyl (C=O) groups excluding carboxylic acids is 2. The summed E-state index contributed by atoms with van der Waals surface area (Å²) in [5, 5.41) is 8.24. The van der Waals surface area contributed by atoms with Crippen LogP contribution in [0.1, 0.15) is 6.92 Å². The van der Waals surface area contributed by atoms with Gasteiger partial charge in [-0.05, 0) is 0 Å². The van der Waals surface area contributed by atoms with Gasteiger partial charge in [-0.2, -0.15) is 0 Å². The standard InChI is InChI=1S/C5H6O5.C4H6O2/c1-9-5(8)3-2(10-3)4(6)7;1-3-6-4(2)5/h2-3H,1H3,(H,6,7);3H,1H2,2H3. The van der Waals surface area contributed by atoms with Crippen molar-refractivity contribution in [3.8, 4) is 0 Å². The van der Waals surface area contributed by atoms with E-state index in [1.165, 1.54) is 14.0 Å². The number of aliphatic carboxylic acids is 1. The van der Waals surface area contributed by atoms with Crippen molar-refractivity contribution in [3.05, 3.63) is 12.8 Å². The lowest BCUT2D eigenvalue weighted by molar-refractivity contribution is -0.143. The highest BCUT2D eigenvalue weighted by Gasteiger charge is 2.51. The van der Waals surface area contributed by atoms with Crippen LogP contribution in [-0.4, -0.2) is 42.3 Å². The summed E-state index contributed by atoms with van der Waals surface area (Å²) in [6.45, 7) is 4.48. The van der Waals surface area contributed by atoms with Gasteiger partial charge < -0.3 is 19.3 Å². The van der Waals surface area contributed by atoms with Gasteiger partial charge in [-0.3, -0.25) is 4.79 Å². The van der Waals surface area contributed by atoms with Gasteiger partial charge >= 0.3 is 17.9 Å². The molecule has 1 heterocycles. The first-order valence-corrected chi connectivity index (χ1v) is 4.18. The van der Waals surface area contributed by atoms with Crippen LogP contribution in [0.3, 0.4) is 0 Å². The number of rotatable bonds is 3. The molecule has 2 atom stereocenters. The van der Waals surface area contributed by atoms with Gasteiger partial charge in [0.1, 0.15) is 0 Å². The van der Waals surface area contributed by atoms with Crippen LogP contribution in [0.5, 0.6) is 0 Å². The maximum Gasteiger partial charge on any atom is 0.338 e. The van der Waals surface area contributed by atoms with E-state index in [2.05, 4.69) is 20.8 Å². The average Bonchev–Trinajstić information content (AvgIpc) is 2.96. The first-order valence-electron chi connectivity index (χ1n) is 4.18. The Bertz CT molecular complexity index is 296. The second-order valence-electron chi connectivity index (χ2n) is 2.61. The highest BCUT2D eigenvalue weighted by molar-refractivity contribution is 5.88. The smallest absolute Gasteiger partial charge is 0.338 e. The van der Waals surface area contributed by atoms with E-state index in [-0.39, 0.29) is 5.97 Å². The maximum atomic E-state index is 10.5. The minimum absolute atomic E-state index is 0.329. The number of epoxide rings is 1. The molecule has 7 nitrogen and oxygen atoms in total. The summed E-state index contributed by atoms with van der Waals surface area (Å²) >= 11 is 0. The molecule has 0 radical (unpaired) electrons. The number of methoxy groups -OCH3 is 1. The predicted octanol–water partition coefficient (Wildman–Crippen LogP) is -0.296. The zero-order valence-electron chi connectivity index (χ0n) is 8.84. The second-order valence-corrected chi connectivity index (χ2v) is 2.61. The van der Waals surface area contributed by atoms with Crippen LogP contribution in [0.25, 0.3) is 0 Å². The fourth-order valence-electron chi connectivity index (χ4n) is 0.713. The van der Waals surface area contributed by atoms with Crippen LogP contribution in [-0.2, 0) is 28.6 Å². The summed E-state index contributed by atoms with van der Waals surface area (Å²) in [5.74, 6) is -2.09. The molecule has 0 aliphatic carbocycles. The first-order chi connectivity index (χ1) is 7.43. The molecule has 0 aromatic heterocycles. The van der Waals surface area contributed by atoms with Crippen molar-refractivity contribution in [2.45, 2.75) is 19.1 Å². The van der Waals surface area contributed by atoms with Crippen molar-refractivity contribution in [1.82, 2.24) is 0 Å². The Kier molecular flexibility index (Phi) is 5.79. The van der Waals surface area contributed by atoms with E-state index in [1.54, 1.807) is 0 Å². The molecule has 1 N–H and O–H groups in total. The summed E-state index contributed by atoms with van der Waals surface area (Å²) in [7, 11) is 1.18. The van der Waals surface area contributed by atoms with Crippen molar-refractivity contribution >= 4 is 17.9 Å². The van der Waals surface area contributed by atoms with Crippen LogP contribution in [0, 0.1) is 0 Å². The monoisotopic (exact) mass is 232 g/mol. The third-order valence-electron chi connectivity index (χ3n) is 1.42. The molecular weight excluding hydrogens is 220 g/mol. The van der Waals surface area contributed by atoms with Gasteiger partial charge in [-0.1, -0.05) is 6.58 Å². The van der Waals surface area contributed by atoms with E-state index < -0.39 is 24.1 Å². The SMILES string of the molecule is C=COC(C)=O.COC(=O)C1OC1C(=O)O. The summed E-state index contributed by atoms with van der Waals surface area (Å²) < 4.78 is 12.9. The number of esters is 2. The summed E-state index contributed by atoms with van der Waals surface area (Å²) in [5.41, 5.74) is 0. The summed E-state index contributed by atoms with van der Waals surface area (Å²) in [6, 6.07) is 0. The molecule has 1 aliphatic heterocycles. The van der Waals surface area contributed by atoms with Crippen molar-refractivity contribution in [3.63, 3.8) is 0 Å². The van der Waals surface area contributed by atoms with E-state index in [0.717, 1.165) is 6.26 Å². The number of hydrogen-bond donors (Lipinski definition) is 1. The van der Waals surface area contributed by atoms with Gasteiger partial charge in [-0.25, -0.2) is 9.59 Å². The van der Waals surface area contributed by atoms with Crippen LogP contribution in [0.4, 0.5) is 0 Å². The zero-order valence-corrected chi connectivity index (χ0v) is 8.84. The molecule has 2 unspecified atom stereocenters. The third-order valence-corrected chi connectivity index (χ3v) is 1.42. The minimum atomic E-state index is -1.13. The predicted molar refractivity (Wildman–Crippen MR) is 50.3 cm³/mol. The Morgan fingerprint density at radius 1 is 1.38 bits per heavy atom. The molecule has 1 rings (SSSR count). The largest absolute Gasteiger partial charge is 0.479 e. The van der Waals surface area contributed by atoms with Gasteiger partial charge in [0, 0.05) is 6.92 Å². The van der Waals surface area contributed by atoms with Crippen LogP contribution < -0.4 is 0 Å². The zero-order chi connectivity index (χ0) is 12.7. The molecule has 1 aliphatic rings. The lowest BCUT2D eigenvalue weighted by Gasteiger charge is -1.88. The van der Waals surface area contributed by atoms with Crippen molar-refractivity contribution < 1.29 is 33.7 Å². The molecule has 1 fully saturated rings. The van der Waals surface area contributed by atoms with E-state index >= 15 is 0 Å². The van der Waals surface area contributed by atoms with Crippen LogP contribution in [0.2, 0.25) is 0 Å². The molecule has 0 aromatic carbocycles. The Morgan fingerprint density at radius 2 is 1.94 bits per heavy atom. The Balaban J connectivity index is 0.000000325. The van der Waals surface area contributed by atoms with Crippen molar-refractivity contribution in [2.75, 3.05) is 7.11 Å². The Morgan fingerprint density at radius 3 is 2.12 bits per heavy atom. The van der Waals surface area contributed by atoms with Crippen molar-refractivity contribution in [1.29, 1.82) is 0 Å². The minimum Gasteiger partial charge on any atom is -0.479 e. The van der Waals surface area contributed by atoms with Gasteiger partial charge in [-0.15, -0.1) is 0 Å². The second kappa shape index (κ2) is 6.57. The lowest BCUT2D eigenvalue weighted by atomic mass is 10.3. The van der Waals surface area contributed by atoms with Crippen LogP contribution in [0.15, 0.2) is 12.8 Å². The normalized spacial score (nSPS) is 20.9. The molecule has 16 heavy (non-hydrogen) atoms. The fraction of sp³-hybridized carbons (Fsp3) is 0.444. The van der Waals surface area contributed by atoms with E-state index in [0.29, 0.717) is 0 Å². The van der Waals surface area contributed by atoms with Gasteiger partial charge in [0.15, 0.2) is 12.2 Å². The van der Waals surface area contributed by atoms with E-state index in [4.69, 9.17) is 5.11 Å². The molecular formula is C9H12O7. The maximum absolute atomic E-state index is 10.5. The summed E-state index contributed by atoms with van der Waals surface area (Å²) in [6.07, 6.45) is -0.780. The topological polar surface area (TPSA) is 102 Å². The molecule has 0 bridgehead atoms. The quantitative estimate of drug-likeness (QED) is 0.405. The third kappa shape index (κ3) is 5.11. The van der Waals surface area contributed by atoms with Gasteiger partial charge in [0.25, 0.3) is 0 Å². The van der Waals surface area contributed by atoms with Gasteiger partial charge in [0.05, 0.1) is 13.4 Å². The molecule has 0 amide bonds. The first kappa shape index (κ1) is 14.1. The van der Waals surface area contributed by atoms with E-state index in [9.17, 15) is 14.4 Å². The lowest BCUT2D eigenvalue weighted by Crippen LogP contribution is -2.16. The number of carboxylic acids is 1. The average molecular weight is 232 g/mol. The molecule has 7 heteroatoms. The Labute approximate surface area is 91.6 Å². The molecule has 90 valence electrons. The molecule has 0 aromatic rings. The van der Waals surface area contributed by atoms with E-state index in [1.807, 2.05) is 0 Å². The van der Waals surface area contributed by atoms with Gasteiger partial charge in [0.2, 0.25) is 0 Å². The van der Waals surface area contributed by atoms with Crippen molar-refractivity contribution in [2.24, 2.45) is 0 Å². The highest BCUT2D eigenvalue weighted by atomic mass is 16.6. The molecule has 1 saturated heterocycles. The molecule has 0 saturated carbocycles. The number of carbonyl (C=O) groups is 3. The molecule has 0 spiro atoms. The number of ether oxygens (including phenoxy) is 3. The highest BCUT2D eigenvalue weighted by Crippen LogP contribution is 2.22. The summed E-state index contributed by atoms with van der Waals surface area (Å²) in [4.78, 5) is 30.3. The fourth-order valence-corrected chi connectivity index (χ4v) is 0.713. The Hall–Kier alpha value is -1.89. The number of hydrogen-bond acceptors (Lipinski definition) is 6. The van der Waals surface area contributed by atoms with Crippen LogP contribution >= 0.6 is 0 Å². The number of carboxylic acid groups (broad SMARTS) is 1.